The van der Waals surface area contributed by atoms with Crippen LogP contribution >= 0.6 is 0 Å². The highest BCUT2D eigenvalue weighted by Gasteiger charge is 2.63. The van der Waals surface area contributed by atoms with Gasteiger partial charge in [0.05, 0.1) is 19.1 Å². The summed E-state index contributed by atoms with van der Waals surface area (Å²) in [4.78, 5) is 11.6. The Kier molecular flexibility index (Phi) is 4.26. The van der Waals surface area contributed by atoms with Gasteiger partial charge in [0, 0.05) is 18.4 Å². The van der Waals surface area contributed by atoms with E-state index in [-0.39, 0.29) is 17.0 Å². The van der Waals surface area contributed by atoms with Crippen molar-refractivity contribution in [3.05, 3.63) is 35.9 Å². The Morgan fingerprint density at radius 3 is 2.70 bits per heavy atom. The maximum Gasteiger partial charge on any atom is 0.315 e. The number of quaternary nitrogens is 1. The third-order valence-corrected chi connectivity index (χ3v) is 5.32. The molecule has 3 nitrogen and oxygen atoms in total. The van der Waals surface area contributed by atoms with E-state index in [1.807, 2.05) is 6.07 Å². The van der Waals surface area contributed by atoms with Gasteiger partial charge in [0.25, 0.3) is 0 Å². The number of rotatable bonds is 4. The Morgan fingerprint density at radius 1 is 1.40 bits per heavy atom. The van der Waals surface area contributed by atoms with Crippen molar-refractivity contribution >= 4 is 5.97 Å². The number of hydrogen-bond acceptors (Lipinski definition) is 1. The van der Waals surface area contributed by atoms with Crippen LogP contribution in [0.1, 0.15) is 31.7 Å². The second-order valence-corrected chi connectivity index (χ2v) is 6.35. The highest BCUT2D eigenvalue weighted by Crippen LogP contribution is 2.51. The highest BCUT2D eigenvalue weighted by molar-refractivity contribution is 5.75. The molecule has 1 aromatic rings. The summed E-state index contributed by atoms with van der Waals surface area (Å²) in [6, 6.07) is 11.0. The van der Waals surface area contributed by atoms with Gasteiger partial charge in [0.1, 0.15) is 12.0 Å². The average Bonchev–Trinajstić information content (AvgIpc) is 2.93. The van der Waals surface area contributed by atoms with Gasteiger partial charge in [-0.15, -0.1) is 0 Å². The smallest absolute Gasteiger partial charge is 0.315 e. The predicted octanol–water partition coefficient (Wildman–Crippen LogP) is -0.336. The second-order valence-electron chi connectivity index (χ2n) is 6.35. The average molecular weight is 340 g/mol. The molecule has 2 aliphatic rings. The molecular weight excluding hydrogens is 318 g/mol. The van der Waals surface area contributed by atoms with Gasteiger partial charge in [0.15, 0.2) is 0 Å². The number of aliphatic carboxylic acids is 1. The number of nitrogens with zero attached hydrogens (tertiary/aromatic N) is 1. The van der Waals surface area contributed by atoms with Crippen molar-refractivity contribution in [2.75, 3.05) is 13.1 Å². The second kappa shape index (κ2) is 5.49. The van der Waals surface area contributed by atoms with Crippen LogP contribution in [0.3, 0.4) is 0 Å². The number of benzene rings is 1. The summed E-state index contributed by atoms with van der Waals surface area (Å²) >= 11 is 0. The molecule has 0 saturated carbocycles. The van der Waals surface area contributed by atoms with Crippen molar-refractivity contribution in [3.8, 4) is 0 Å². The van der Waals surface area contributed by atoms with Crippen LogP contribution in [0.15, 0.2) is 30.3 Å². The molecule has 2 heterocycles. The Labute approximate surface area is 131 Å². The van der Waals surface area contributed by atoms with Crippen molar-refractivity contribution in [2.24, 2.45) is 5.41 Å². The fourth-order valence-electron chi connectivity index (χ4n) is 4.33. The van der Waals surface area contributed by atoms with Gasteiger partial charge in [-0.25, -0.2) is 0 Å². The standard InChI is InChI=1S/C16H21NO2.BrH/c1-2-14-10-16(15(18)19)8-9-17(14,12-16)11-13-6-4-3-5-7-13;/h3-7,14H,2,8-12H2,1H3;1H. The number of fused-ring (bicyclic) bond motifs is 2. The number of carboxylic acid groups (broad SMARTS) is 1. The molecule has 0 amide bonds. The SMILES string of the molecule is CCC1CC2(C(=O)O)CC[N+]1(Cc1ccccc1)C2.[Br-]. The van der Waals surface area contributed by atoms with Gasteiger partial charge >= 0.3 is 5.97 Å². The summed E-state index contributed by atoms with van der Waals surface area (Å²) in [7, 11) is 0. The van der Waals surface area contributed by atoms with Gasteiger partial charge < -0.3 is 26.6 Å². The molecule has 3 rings (SSSR count). The van der Waals surface area contributed by atoms with Crippen molar-refractivity contribution in [2.45, 2.75) is 38.8 Å². The Bertz CT molecular complexity index is 493. The Hall–Kier alpha value is -0.870. The van der Waals surface area contributed by atoms with E-state index < -0.39 is 11.4 Å². The molecule has 1 N–H and O–H groups in total. The zero-order chi connectivity index (χ0) is 13.5. The largest absolute Gasteiger partial charge is 1.00 e. The predicted molar refractivity (Wildman–Crippen MR) is 73.5 cm³/mol. The third kappa shape index (κ3) is 2.29. The molecule has 2 bridgehead atoms. The van der Waals surface area contributed by atoms with E-state index >= 15 is 0 Å². The van der Waals surface area contributed by atoms with Gasteiger partial charge in [-0.2, -0.15) is 0 Å². The molecule has 0 spiro atoms. The van der Waals surface area contributed by atoms with Crippen molar-refractivity contribution in [1.29, 1.82) is 0 Å². The van der Waals surface area contributed by atoms with Crippen LogP contribution in [0.5, 0.6) is 0 Å². The van der Waals surface area contributed by atoms with Crippen LogP contribution in [-0.4, -0.2) is 34.7 Å². The first-order chi connectivity index (χ1) is 9.10. The Morgan fingerprint density at radius 2 is 2.10 bits per heavy atom. The highest BCUT2D eigenvalue weighted by atomic mass is 79.9. The summed E-state index contributed by atoms with van der Waals surface area (Å²) < 4.78 is 0.993. The lowest BCUT2D eigenvalue weighted by atomic mass is 9.82. The number of carboxylic acids is 1. The quantitative estimate of drug-likeness (QED) is 0.762. The fraction of sp³-hybridized carbons (Fsp3) is 0.562. The van der Waals surface area contributed by atoms with Gasteiger partial charge in [-0.3, -0.25) is 4.79 Å². The molecular formula is C16H22BrNO2. The molecule has 0 radical (unpaired) electrons. The van der Waals surface area contributed by atoms with Crippen LogP contribution in [0.25, 0.3) is 0 Å². The van der Waals surface area contributed by atoms with Gasteiger partial charge in [-0.05, 0) is 6.42 Å². The summed E-state index contributed by atoms with van der Waals surface area (Å²) in [5, 5.41) is 9.57. The lowest BCUT2D eigenvalue weighted by Gasteiger charge is -2.38. The summed E-state index contributed by atoms with van der Waals surface area (Å²) in [5.41, 5.74) is 0.902. The molecule has 3 unspecified atom stereocenters. The zero-order valence-electron chi connectivity index (χ0n) is 11.9. The van der Waals surface area contributed by atoms with Gasteiger partial charge in [0.2, 0.25) is 0 Å². The van der Waals surface area contributed by atoms with Crippen LogP contribution in [0, 0.1) is 5.41 Å². The minimum atomic E-state index is -0.573. The van der Waals surface area contributed by atoms with E-state index in [2.05, 4.69) is 31.2 Å². The van der Waals surface area contributed by atoms with E-state index in [9.17, 15) is 9.90 Å². The molecule has 0 aliphatic carbocycles. The first-order valence-corrected chi connectivity index (χ1v) is 7.23. The van der Waals surface area contributed by atoms with Crippen molar-refractivity contribution in [3.63, 3.8) is 0 Å². The van der Waals surface area contributed by atoms with Gasteiger partial charge in [-0.1, -0.05) is 37.3 Å². The van der Waals surface area contributed by atoms with E-state index in [4.69, 9.17) is 0 Å². The normalized spacial score (nSPS) is 34.8. The first kappa shape index (κ1) is 15.5. The van der Waals surface area contributed by atoms with E-state index in [0.29, 0.717) is 6.04 Å². The summed E-state index contributed by atoms with van der Waals surface area (Å²) in [6.07, 6.45) is 2.80. The van der Waals surface area contributed by atoms with Crippen molar-refractivity contribution < 1.29 is 31.4 Å². The third-order valence-electron chi connectivity index (χ3n) is 5.32. The van der Waals surface area contributed by atoms with Crippen LogP contribution in [0.4, 0.5) is 0 Å². The molecule has 2 aliphatic heterocycles. The van der Waals surface area contributed by atoms with Crippen LogP contribution in [-0.2, 0) is 11.3 Å². The number of halogens is 1. The number of carbonyl (C=O) groups is 1. The molecule has 3 atom stereocenters. The minimum absolute atomic E-state index is 0. The summed E-state index contributed by atoms with van der Waals surface area (Å²) in [5.74, 6) is -0.573. The molecule has 2 saturated heterocycles. The first-order valence-electron chi connectivity index (χ1n) is 7.23. The fourth-order valence-corrected chi connectivity index (χ4v) is 4.33. The van der Waals surface area contributed by atoms with E-state index in [1.54, 1.807) is 0 Å². The monoisotopic (exact) mass is 339 g/mol. The number of piperidine rings is 1. The van der Waals surface area contributed by atoms with Crippen LogP contribution in [0.2, 0.25) is 0 Å². The Balaban J connectivity index is 0.00000147. The summed E-state index contributed by atoms with van der Waals surface area (Å²) in [6.45, 7) is 5.05. The zero-order valence-corrected chi connectivity index (χ0v) is 13.5. The molecule has 110 valence electrons. The lowest BCUT2D eigenvalue weighted by Crippen LogP contribution is -3.00. The maximum absolute atomic E-state index is 11.6. The molecule has 0 aromatic heterocycles. The van der Waals surface area contributed by atoms with Crippen LogP contribution < -0.4 is 17.0 Å². The lowest BCUT2D eigenvalue weighted by molar-refractivity contribution is -0.945. The van der Waals surface area contributed by atoms with E-state index in [1.165, 1.54) is 5.56 Å². The molecule has 2 fully saturated rings. The van der Waals surface area contributed by atoms with Crippen molar-refractivity contribution in [1.82, 2.24) is 0 Å². The molecule has 20 heavy (non-hydrogen) atoms. The minimum Gasteiger partial charge on any atom is -1.00 e. The maximum atomic E-state index is 11.6. The van der Waals surface area contributed by atoms with E-state index in [0.717, 1.165) is 43.4 Å². The number of hydrogen-bond donors (Lipinski definition) is 1. The molecule has 4 heteroatoms. The topological polar surface area (TPSA) is 37.3 Å². The molecule has 1 aromatic carbocycles.